The van der Waals surface area contributed by atoms with E-state index in [4.69, 9.17) is 14.0 Å². The number of aromatic hydroxyl groups is 1. The smallest absolute Gasteiger partial charge is 0.507 e. The van der Waals surface area contributed by atoms with Gasteiger partial charge in [0.1, 0.15) is 11.7 Å². The minimum absolute atomic E-state index is 0.289. The fourth-order valence-corrected chi connectivity index (χ4v) is 5.06. The summed E-state index contributed by atoms with van der Waals surface area (Å²) in [5.74, 6) is -4.21. The zero-order chi connectivity index (χ0) is 30.5. The van der Waals surface area contributed by atoms with E-state index in [-0.39, 0.29) is 12.3 Å². The molecule has 0 amide bonds. The van der Waals surface area contributed by atoms with Gasteiger partial charge in [0.25, 0.3) is 11.4 Å². The van der Waals surface area contributed by atoms with Crippen molar-refractivity contribution in [3.63, 3.8) is 0 Å². The lowest BCUT2D eigenvalue weighted by Crippen LogP contribution is -2.47. The Bertz CT molecular complexity index is 1500. The Balaban J connectivity index is 0.000000346. The number of hydrogen-bond donors (Lipinski definition) is 3. The van der Waals surface area contributed by atoms with Gasteiger partial charge in [0.2, 0.25) is 0 Å². The predicted octanol–water partition coefficient (Wildman–Crippen LogP) is 3.71. The highest BCUT2D eigenvalue weighted by molar-refractivity contribution is 7.39. The number of aromatic nitrogens is 2. The number of aromatic amines is 1. The van der Waals surface area contributed by atoms with Crippen molar-refractivity contribution in [1.29, 1.82) is 0 Å². The molecule has 1 aliphatic rings. The van der Waals surface area contributed by atoms with Crippen LogP contribution in [0.25, 0.3) is 10.8 Å². The summed E-state index contributed by atoms with van der Waals surface area (Å²) in [6.45, 7) is 4.43. The van der Waals surface area contributed by atoms with Crippen LogP contribution in [-0.2, 0) is 23.4 Å². The summed E-state index contributed by atoms with van der Waals surface area (Å²) in [7, 11) is -2.57. The van der Waals surface area contributed by atoms with Crippen LogP contribution < -0.4 is 11.2 Å². The number of ether oxygens (including phenoxy) is 2. The van der Waals surface area contributed by atoms with Crippen molar-refractivity contribution in [2.24, 2.45) is 5.92 Å². The van der Waals surface area contributed by atoms with Gasteiger partial charge in [-0.15, -0.1) is 4.52 Å². The quantitative estimate of drug-likeness (QED) is 0.260. The highest BCUT2D eigenvalue weighted by Crippen LogP contribution is 2.48. The zero-order valence-electron chi connectivity index (χ0n) is 22.8. The summed E-state index contributed by atoms with van der Waals surface area (Å²) >= 11 is 0. The number of phenols is 1. The standard InChI is InChI=1S/C17H23F2N2O8P.C10H8O/c1-9(2)28-12(23)10(3)7-30(26)27-8-17(19)13(24)16(4,18)14(29-17)21-6-5-11(22)20-15(21)25;11-10-7-3-5-8-4-1-2-6-9(8)10/h5-6,9-10,13-14,24H,7-8H2,1-4H3;1-7,11H/p+1/t10-,13+,14-,16-,17-;/m1./s1. The number of aliphatic hydroxyl groups excluding tert-OH is 1. The average Bonchev–Trinajstić information content (AvgIpc) is 3.08. The van der Waals surface area contributed by atoms with Crippen molar-refractivity contribution in [3.05, 3.63) is 75.6 Å². The van der Waals surface area contributed by atoms with Crippen molar-refractivity contribution < 1.29 is 42.4 Å². The molecule has 1 unspecified atom stereocenters. The van der Waals surface area contributed by atoms with Crippen LogP contribution in [0.1, 0.15) is 33.9 Å². The lowest BCUT2D eigenvalue weighted by molar-refractivity contribution is -0.202. The van der Waals surface area contributed by atoms with Gasteiger partial charge < -0.3 is 19.7 Å². The van der Waals surface area contributed by atoms with Crippen molar-refractivity contribution in [2.75, 3.05) is 12.8 Å². The lowest BCUT2D eigenvalue weighted by Gasteiger charge is -2.24. The molecule has 2 heterocycles. The number of phenolic OH excluding ortho intramolecular Hbond substituents is 1. The van der Waals surface area contributed by atoms with E-state index in [1.165, 1.54) is 6.92 Å². The van der Waals surface area contributed by atoms with Gasteiger partial charge in [0.15, 0.2) is 30.8 Å². The molecule has 0 saturated carbocycles. The van der Waals surface area contributed by atoms with Gasteiger partial charge in [0.05, 0.1) is 6.10 Å². The first-order chi connectivity index (χ1) is 19.2. The molecule has 2 aromatic carbocycles. The molecule has 4 rings (SSSR count). The third-order valence-corrected chi connectivity index (χ3v) is 7.45. The van der Waals surface area contributed by atoms with E-state index >= 15 is 8.78 Å². The van der Waals surface area contributed by atoms with Gasteiger partial charge in [-0.2, -0.15) is 0 Å². The van der Waals surface area contributed by atoms with Gasteiger partial charge in [-0.05, 0) is 43.7 Å². The first-order valence-corrected chi connectivity index (χ1v) is 14.0. The van der Waals surface area contributed by atoms with Crippen LogP contribution in [0.2, 0.25) is 0 Å². The molecular formula is C27H32F2N2O9P+. The number of esters is 1. The first-order valence-electron chi connectivity index (χ1n) is 12.7. The summed E-state index contributed by atoms with van der Waals surface area (Å²) in [4.78, 5) is 36.7. The number of nitrogens with one attached hydrogen (secondary N) is 1. The van der Waals surface area contributed by atoms with Crippen LogP contribution in [0.15, 0.2) is 64.3 Å². The molecule has 0 spiro atoms. The minimum atomic E-state index is -3.14. The van der Waals surface area contributed by atoms with Crippen LogP contribution in [0.4, 0.5) is 8.78 Å². The van der Waals surface area contributed by atoms with E-state index in [9.17, 15) is 29.2 Å². The second-order valence-corrected chi connectivity index (χ2v) is 11.3. The molecule has 0 aliphatic carbocycles. The second kappa shape index (κ2) is 13.0. The largest absolute Gasteiger partial charge is 0.509 e. The zero-order valence-corrected chi connectivity index (χ0v) is 23.7. The Morgan fingerprint density at radius 3 is 2.44 bits per heavy atom. The Hall–Kier alpha value is -3.51. The molecule has 11 nitrogen and oxygen atoms in total. The number of hydrogen-bond acceptors (Lipinski definition) is 9. The summed E-state index contributed by atoms with van der Waals surface area (Å²) in [6.07, 6.45) is -4.09. The molecule has 3 N–H and O–H groups in total. The highest BCUT2D eigenvalue weighted by atomic mass is 31.1. The number of benzene rings is 2. The van der Waals surface area contributed by atoms with E-state index in [1.807, 2.05) is 41.4 Å². The Morgan fingerprint density at radius 1 is 1.15 bits per heavy atom. The number of carbonyl (C=O) groups excluding carboxylic acids is 1. The van der Waals surface area contributed by atoms with Crippen LogP contribution in [0, 0.1) is 5.92 Å². The molecule has 14 heteroatoms. The van der Waals surface area contributed by atoms with E-state index in [0.29, 0.717) is 10.3 Å². The Morgan fingerprint density at radius 2 is 1.80 bits per heavy atom. The number of halogens is 2. The number of nitrogens with zero attached hydrogens (tertiary/aromatic N) is 1. The topological polar surface area (TPSA) is 157 Å². The number of alkyl halides is 2. The van der Waals surface area contributed by atoms with Gasteiger partial charge in [0, 0.05) is 17.6 Å². The van der Waals surface area contributed by atoms with E-state index < -0.39 is 61.6 Å². The molecule has 41 heavy (non-hydrogen) atoms. The lowest BCUT2D eigenvalue weighted by atomic mass is 9.97. The Labute approximate surface area is 234 Å². The molecule has 222 valence electrons. The van der Waals surface area contributed by atoms with Crippen LogP contribution in [-0.4, -0.2) is 62.2 Å². The summed E-state index contributed by atoms with van der Waals surface area (Å²) < 4.78 is 57.6. The van der Waals surface area contributed by atoms with Crippen LogP contribution in [0.5, 0.6) is 5.75 Å². The third kappa shape index (κ3) is 7.62. The monoisotopic (exact) mass is 597 g/mol. The van der Waals surface area contributed by atoms with Gasteiger partial charge >= 0.3 is 19.7 Å². The number of H-pyrrole nitrogens is 1. The van der Waals surface area contributed by atoms with Crippen molar-refractivity contribution >= 4 is 24.8 Å². The summed E-state index contributed by atoms with van der Waals surface area (Å²) in [6, 6.07) is 14.2. The number of fused-ring (bicyclic) bond motifs is 1. The van der Waals surface area contributed by atoms with Crippen molar-refractivity contribution in [3.8, 4) is 5.75 Å². The number of aliphatic hydroxyl groups is 1. The van der Waals surface area contributed by atoms with Gasteiger partial charge in [-0.3, -0.25) is 19.1 Å². The van der Waals surface area contributed by atoms with Gasteiger partial charge in [-0.1, -0.05) is 36.4 Å². The highest BCUT2D eigenvalue weighted by Gasteiger charge is 2.65. The van der Waals surface area contributed by atoms with Crippen LogP contribution >= 0.6 is 8.03 Å². The maximum absolute atomic E-state index is 15.1. The molecule has 6 atom stereocenters. The minimum Gasteiger partial charge on any atom is -0.507 e. The molecule has 1 saturated heterocycles. The molecule has 3 aromatic rings. The summed E-state index contributed by atoms with van der Waals surface area (Å²) in [5.41, 5.74) is -4.62. The second-order valence-electron chi connectivity index (χ2n) is 10.0. The van der Waals surface area contributed by atoms with Gasteiger partial charge in [-0.25, -0.2) is 13.6 Å². The fourth-order valence-electron chi connectivity index (χ4n) is 4.04. The predicted molar refractivity (Wildman–Crippen MR) is 145 cm³/mol. The van der Waals surface area contributed by atoms with E-state index in [1.54, 1.807) is 19.9 Å². The average molecular weight is 598 g/mol. The molecule has 1 fully saturated rings. The van der Waals surface area contributed by atoms with Crippen molar-refractivity contribution in [1.82, 2.24) is 9.55 Å². The summed E-state index contributed by atoms with van der Waals surface area (Å²) in [5, 5.41) is 21.5. The number of rotatable bonds is 8. The third-order valence-electron chi connectivity index (χ3n) is 6.19. The normalized spacial score (nSPS) is 24.9. The molecule has 1 aromatic heterocycles. The van der Waals surface area contributed by atoms with Crippen molar-refractivity contribution in [2.45, 2.75) is 57.7 Å². The fraction of sp³-hybridized carbons (Fsp3) is 0.444. The maximum Gasteiger partial charge on any atom is 0.509 e. The van der Waals surface area contributed by atoms with E-state index in [0.717, 1.165) is 30.0 Å². The van der Waals surface area contributed by atoms with E-state index in [2.05, 4.69) is 0 Å². The maximum atomic E-state index is 15.1. The SMILES string of the molecule is CC(C)OC(=O)[C@H](C)C[P+](=O)OC[C@@]1(F)O[C@@H](n2ccc(=O)[nH]c2=O)[C@](C)(F)[C@@H]1O.Oc1cccc2ccccc12. The molecule has 0 bridgehead atoms. The molecular weight excluding hydrogens is 565 g/mol. The number of carbonyl (C=O) groups is 1. The van der Waals surface area contributed by atoms with Crippen LogP contribution in [0.3, 0.4) is 0 Å². The molecule has 0 radical (unpaired) electrons. The molecule has 1 aliphatic heterocycles. The Kier molecular flexibility index (Phi) is 10.1. The first kappa shape index (κ1) is 32.0.